The van der Waals surface area contributed by atoms with Gasteiger partial charge in [0.15, 0.2) is 5.65 Å². The Morgan fingerprint density at radius 3 is 2.38 bits per heavy atom. The molecule has 42 heavy (non-hydrogen) atoms. The number of carbonyl (C=O) groups excluding carboxylic acids is 1. The van der Waals surface area contributed by atoms with Gasteiger partial charge in [0.2, 0.25) is 0 Å². The predicted molar refractivity (Wildman–Crippen MR) is 161 cm³/mol. The minimum atomic E-state index is -4.11. The molecule has 5 rings (SSSR count). The van der Waals surface area contributed by atoms with Gasteiger partial charge in [-0.1, -0.05) is 23.8 Å². The van der Waals surface area contributed by atoms with Gasteiger partial charge in [-0.2, -0.15) is 0 Å². The number of ether oxygens (including phenoxy) is 2. The Morgan fingerprint density at radius 1 is 1.05 bits per heavy atom. The first kappa shape index (κ1) is 29.3. The second kappa shape index (κ2) is 10.9. The fourth-order valence-electron chi connectivity index (χ4n) is 5.13. The molecule has 2 aromatic carbocycles. The van der Waals surface area contributed by atoms with E-state index in [4.69, 9.17) is 9.47 Å². The molecular weight excluding hydrogens is 557 g/mol. The van der Waals surface area contributed by atoms with E-state index in [1.165, 1.54) is 23.2 Å². The van der Waals surface area contributed by atoms with Crippen molar-refractivity contribution in [3.05, 3.63) is 83.4 Å². The van der Waals surface area contributed by atoms with E-state index < -0.39 is 27.5 Å². The number of rotatable bonds is 5. The molecule has 0 saturated carbocycles. The van der Waals surface area contributed by atoms with Crippen molar-refractivity contribution in [2.75, 3.05) is 20.2 Å². The summed E-state index contributed by atoms with van der Waals surface area (Å²) in [6.45, 7) is 9.77. The lowest BCUT2D eigenvalue weighted by Crippen LogP contribution is -2.39. The predicted octanol–water partition coefficient (Wildman–Crippen LogP) is 6.73. The number of fused-ring (bicyclic) bond motifs is 1. The van der Waals surface area contributed by atoms with E-state index in [0.717, 1.165) is 16.7 Å². The molecule has 1 aliphatic heterocycles. The Labute approximate surface area is 245 Å². The first-order chi connectivity index (χ1) is 19.8. The maximum Gasteiger partial charge on any atom is 0.410 e. The van der Waals surface area contributed by atoms with Crippen molar-refractivity contribution in [3.8, 4) is 16.9 Å². The summed E-state index contributed by atoms with van der Waals surface area (Å²) < 4.78 is 55.3. The molecule has 1 amide bonds. The number of pyridine rings is 1. The zero-order valence-electron chi connectivity index (χ0n) is 24.6. The van der Waals surface area contributed by atoms with Crippen molar-refractivity contribution in [1.29, 1.82) is 0 Å². The third-order valence-electron chi connectivity index (χ3n) is 7.16. The Bertz CT molecular complexity index is 1820. The van der Waals surface area contributed by atoms with Gasteiger partial charge in [0.05, 0.1) is 17.7 Å². The molecule has 0 saturated heterocycles. The second-order valence-corrected chi connectivity index (χ2v) is 13.2. The number of halogens is 1. The van der Waals surface area contributed by atoms with E-state index in [9.17, 15) is 17.6 Å². The molecule has 0 N–H and O–H groups in total. The van der Waals surface area contributed by atoms with Crippen LogP contribution in [0.15, 0.2) is 65.7 Å². The summed E-state index contributed by atoms with van der Waals surface area (Å²) in [4.78, 5) is 19.0. The number of amides is 1. The number of aryl methyl sites for hydroxylation is 2. The number of hydrogen-bond donors (Lipinski definition) is 0. The highest BCUT2D eigenvalue weighted by atomic mass is 32.2. The van der Waals surface area contributed by atoms with Crippen molar-refractivity contribution in [2.45, 2.75) is 51.5 Å². The third kappa shape index (κ3) is 5.51. The minimum Gasteiger partial charge on any atom is -0.496 e. The highest BCUT2D eigenvalue weighted by molar-refractivity contribution is 7.90. The van der Waals surface area contributed by atoms with Crippen LogP contribution in [0.4, 0.5) is 9.18 Å². The van der Waals surface area contributed by atoms with E-state index in [-0.39, 0.29) is 17.1 Å². The molecule has 0 atom stereocenters. The molecule has 0 spiro atoms. The molecule has 4 aromatic rings. The van der Waals surface area contributed by atoms with Crippen LogP contribution < -0.4 is 4.74 Å². The van der Waals surface area contributed by atoms with Gasteiger partial charge in [0.25, 0.3) is 10.0 Å². The van der Waals surface area contributed by atoms with Gasteiger partial charge >= 0.3 is 6.09 Å². The van der Waals surface area contributed by atoms with Crippen LogP contribution in [0.25, 0.3) is 27.7 Å². The van der Waals surface area contributed by atoms with Crippen LogP contribution >= 0.6 is 0 Å². The Balaban J connectivity index is 1.73. The summed E-state index contributed by atoms with van der Waals surface area (Å²) in [5.74, 6) is 0.00638. The van der Waals surface area contributed by atoms with Gasteiger partial charge in [-0.25, -0.2) is 26.6 Å². The monoisotopic (exact) mass is 591 g/mol. The van der Waals surface area contributed by atoms with Gasteiger partial charge in [0, 0.05) is 35.8 Å². The molecule has 220 valence electrons. The molecule has 3 heterocycles. The SMILES string of the molecule is COc1ccc(F)cc1-c1c(C)cnc2c1cc(C1=CCN(C(=O)OC(C)(C)C)CC1)n2S(=O)(=O)c1ccc(C)cc1. The van der Waals surface area contributed by atoms with Crippen LogP contribution in [-0.2, 0) is 14.8 Å². The minimum absolute atomic E-state index is 0.117. The number of aromatic nitrogens is 2. The average molecular weight is 592 g/mol. The van der Waals surface area contributed by atoms with Crippen LogP contribution in [0.5, 0.6) is 5.75 Å². The maximum atomic E-state index is 14.5. The molecule has 0 fully saturated rings. The lowest BCUT2D eigenvalue weighted by atomic mass is 9.97. The normalized spacial score (nSPS) is 14.2. The molecule has 1 aliphatic rings. The largest absolute Gasteiger partial charge is 0.496 e. The molecule has 0 unspecified atom stereocenters. The zero-order valence-corrected chi connectivity index (χ0v) is 25.4. The summed E-state index contributed by atoms with van der Waals surface area (Å²) in [7, 11) is -2.60. The summed E-state index contributed by atoms with van der Waals surface area (Å²) in [5, 5.41) is 0.542. The zero-order chi connectivity index (χ0) is 30.4. The molecule has 0 radical (unpaired) electrons. The molecule has 8 nitrogen and oxygen atoms in total. The van der Waals surface area contributed by atoms with E-state index in [2.05, 4.69) is 4.98 Å². The van der Waals surface area contributed by atoms with Crippen molar-refractivity contribution in [2.24, 2.45) is 0 Å². The summed E-state index contributed by atoms with van der Waals surface area (Å²) in [5.41, 5.74) is 3.55. The van der Waals surface area contributed by atoms with Crippen LogP contribution in [0.1, 0.15) is 44.0 Å². The van der Waals surface area contributed by atoms with E-state index in [1.807, 2.05) is 40.7 Å². The Morgan fingerprint density at radius 2 is 1.76 bits per heavy atom. The molecule has 2 aromatic heterocycles. The molecule has 0 aliphatic carbocycles. The van der Waals surface area contributed by atoms with E-state index >= 15 is 0 Å². The first-order valence-electron chi connectivity index (χ1n) is 13.6. The fraction of sp³-hybridized carbons (Fsp3) is 0.312. The maximum absolute atomic E-state index is 14.5. The third-order valence-corrected chi connectivity index (χ3v) is 8.88. The number of nitrogens with zero attached hydrogens (tertiary/aromatic N) is 3. The first-order valence-corrected chi connectivity index (χ1v) is 15.1. The summed E-state index contributed by atoms with van der Waals surface area (Å²) >= 11 is 0. The standard InChI is InChI=1S/C32H34FN3O5S/c1-20-7-10-24(11-8-20)42(38,39)36-27(22-13-15-35(16-14-22)31(37)41-32(3,4)5)18-26-29(21(2)19-34-30(26)36)25-17-23(33)9-12-28(25)40-6/h7-13,17-19H,14-16H2,1-6H3. The van der Waals surface area contributed by atoms with Crippen LogP contribution in [-0.4, -0.2) is 54.2 Å². The smallest absolute Gasteiger partial charge is 0.410 e. The lowest BCUT2D eigenvalue weighted by molar-refractivity contribution is 0.0270. The number of benzene rings is 2. The van der Waals surface area contributed by atoms with E-state index in [0.29, 0.717) is 40.9 Å². The van der Waals surface area contributed by atoms with Crippen LogP contribution in [0.2, 0.25) is 0 Å². The van der Waals surface area contributed by atoms with Gasteiger partial charge in [-0.05, 0) is 88.6 Å². The average Bonchev–Trinajstić information content (AvgIpc) is 3.33. The highest BCUT2D eigenvalue weighted by Crippen LogP contribution is 2.41. The quantitative estimate of drug-likeness (QED) is 0.256. The molecule has 10 heteroatoms. The molecular formula is C32H34FN3O5S. The van der Waals surface area contributed by atoms with Crippen molar-refractivity contribution < 1.29 is 27.1 Å². The Hall–Kier alpha value is -4.18. The van der Waals surface area contributed by atoms with E-state index in [1.54, 1.807) is 47.5 Å². The highest BCUT2D eigenvalue weighted by Gasteiger charge is 2.30. The van der Waals surface area contributed by atoms with Crippen LogP contribution in [0, 0.1) is 19.7 Å². The van der Waals surface area contributed by atoms with Gasteiger partial charge in [-0.15, -0.1) is 0 Å². The number of carbonyl (C=O) groups is 1. The van der Waals surface area contributed by atoms with Crippen LogP contribution in [0.3, 0.4) is 0 Å². The lowest BCUT2D eigenvalue weighted by Gasteiger charge is -2.29. The van der Waals surface area contributed by atoms with Crippen molar-refractivity contribution in [3.63, 3.8) is 0 Å². The second-order valence-electron chi connectivity index (χ2n) is 11.4. The number of methoxy groups -OCH3 is 1. The summed E-state index contributed by atoms with van der Waals surface area (Å²) in [6, 6.07) is 12.7. The topological polar surface area (TPSA) is 90.7 Å². The Kier molecular flexibility index (Phi) is 7.61. The van der Waals surface area contributed by atoms with Gasteiger partial charge < -0.3 is 14.4 Å². The van der Waals surface area contributed by atoms with Gasteiger partial charge in [-0.3, -0.25) is 0 Å². The fourth-order valence-corrected chi connectivity index (χ4v) is 6.63. The van der Waals surface area contributed by atoms with Crippen molar-refractivity contribution in [1.82, 2.24) is 13.9 Å². The van der Waals surface area contributed by atoms with Crippen molar-refractivity contribution >= 4 is 32.7 Å². The van der Waals surface area contributed by atoms with Gasteiger partial charge in [0.1, 0.15) is 17.2 Å². The molecule has 0 bridgehead atoms. The number of hydrogen-bond acceptors (Lipinski definition) is 6. The summed E-state index contributed by atoms with van der Waals surface area (Å²) in [6.07, 6.45) is 3.41.